The molecule has 1 atom stereocenters. The Labute approximate surface area is 151 Å². The van der Waals surface area contributed by atoms with Crippen LogP contribution in [0.1, 0.15) is 24.8 Å². The van der Waals surface area contributed by atoms with Gasteiger partial charge < -0.3 is 0 Å². The predicted octanol–water partition coefficient (Wildman–Crippen LogP) is 4.85. The van der Waals surface area contributed by atoms with Crippen LogP contribution in [0.15, 0.2) is 90.6 Å². The molecule has 0 spiro atoms. The second-order valence-corrected chi connectivity index (χ2v) is 6.99. The molecule has 0 amide bonds. The Kier molecular flexibility index (Phi) is 4.56. The van der Waals surface area contributed by atoms with Gasteiger partial charge in [-0.15, -0.1) is 0 Å². The molecule has 1 heteroatoms. The normalized spacial score (nSPS) is 19.4. The van der Waals surface area contributed by atoms with E-state index in [9.17, 15) is 0 Å². The van der Waals surface area contributed by atoms with Crippen molar-refractivity contribution in [2.24, 2.45) is 5.92 Å². The summed E-state index contributed by atoms with van der Waals surface area (Å²) in [4.78, 5) is 0. The Morgan fingerprint density at radius 3 is 2.00 bits per heavy atom. The number of hydrogen-bond acceptors (Lipinski definition) is 0. The maximum absolute atomic E-state index is 2.39. The summed E-state index contributed by atoms with van der Waals surface area (Å²) >= 11 is 0. The molecule has 0 saturated carbocycles. The van der Waals surface area contributed by atoms with Crippen molar-refractivity contribution in [3.63, 3.8) is 0 Å². The summed E-state index contributed by atoms with van der Waals surface area (Å²) in [5, 5.41) is 0. The van der Waals surface area contributed by atoms with Crippen molar-refractivity contribution in [3.05, 3.63) is 96.1 Å². The molecule has 2 aromatic rings. The smallest absolute Gasteiger partial charge is 0.0889 e. The topological polar surface area (TPSA) is 0 Å². The molecule has 0 aromatic heterocycles. The lowest BCUT2D eigenvalue weighted by Crippen LogP contribution is -2.03. The third-order valence-corrected chi connectivity index (χ3v) is 5.15. The Bertz CT molecular complexity index is 861. The molecule has 25 heavy (non-hydrogen) atoms. The number of allylic oxidation sites excluding steroid dienone is 8. The van der Waals surface area contributed by atoms with E-state index in [0.29, 0.717) is 5.92 Å². The monoisotopic (exact) mass is 322 g/mol. The van der Waals surface area contributed by atoms with Crippen LogP contribution in [0.4, 0.5) is 0 Å². The molecule has 2 aromatic carbocycles. The zero-order valence-electron chi connectivity index (χ0n) is 14.8. The van der Waals surface area contributed by atoms with Gasteiger partial charge in [0, 0.05) is 5.92 Å². The standard InChI is InChI=1S/C24H23B/c25-24-16-14-23(15-17-24)22-12-10-21(11-13-22)20-8-6-19(7-9-20)18-4-2-1-3-5-18/h2,4-6,8-17,19H,1,3,7,25H2. The van der Waals surface area contributed by atoms with Crippen LogP contribution in [0.5, 0.6) is 0 Å². The van der Waals surface area contributed by atoms with Crippen molar-refractivity contribution in [1.29, 1.82) is 0 Å². The van der Waals surface area contributed by atoms with Crippen LogP contribution >= 0.6 is 0 Å². The summed E-state index contributed by atoms with van der Waals surface area (Å²) in [5.41, 5.74) is 7.98. The van der Waals surface area contributed by atoms with Gasteiger partial charge in [0.25, 0.3) is 0 Å². The van der Waals surface area contributed by atoms with E-state index >= 15 is 0 Å². The van der Waals surface area contributed by atoms with E-state index < -0.39 is 0 Å². The van der Waals surface area contributed by atoms with E-state index in [1.165, 1.54) is 46.1 Å². The van der Waals surface area contributed by atoms with E-state index in [2.05, 4.69) is 92.8 Å². The minimum absolute atomic E-state index is 0.548. The van der Waals surface area contributed by atoms with E-state index in [0.717, 1.165) is 6.42 Å². The molecule has 0 fully saturated rings. The fourth-order valence-corrected chi connectivity index (χ4v) is 3.59. The van der Waals surface area contributed by atoms with E-state index in [1.54, 1.807) is 0 Å². The molecular formula is C24H23B. The lowest BCUT2D eigenvalue weighted by atomic mass is 9.85. The Morgan fingerprint density at radius 2 is 1.40 bits per heavy atom. The minimum Gasteiger partial charge on any atom is -0.0889 e. The lowest BCUT2D eigenvalue weighted by molar-refractivity contribution is 0.773. The van der Waals surface area contributed by atoms with Crippen LogP contribution in [0, 0.1) is 5.92 Å². The van der Waals surface area contributed by atoms with Crippen LogP contribution in [-0.4, -0.2) is 7.85 Å². The molecule has 4 rings (SSSR count). The van der Waals surface area contributed by atoms with Gasteiger partial charge in [-0.25, -0.2) is 0 Å². The summed E-state index contributed by atoms with van der Waals surface area (Å²) in [6, 6.07) is 17.7. The van der Waals surface area contributed by atoms with Gasteiger partial charge in [0.05, 0.1) is 0 Å². The van der Waals surface area contributed by atoms with Crippen molar-refractivity contribution in [2.45, 2.75) is 19.3 Å². The first kappa shape index (κ1) is 16.0. The highest BCUT2D eigenvalue weighted by molar-refractivity contribution is 6.32. The van der Waals surface area contributed by atoms with Crippen molar-refractivity contribution in [1.82, 2.24) is 0 Å². The molecule has 122 valence electrons. The van der Waals surface area contributed by atoms with Gasteiger partial charge >= 0.3 is 0 Å². The summed E-state index contributed by atoms with van der Waals surface area (Å²) in [7, 11) is 2.13. The van der Waals surface area contributed by atoms with Gasteiger partial charge in [-0.05, 0) is 47.1 Å². The van der Waals surface area contributed by atoms with Gasteiger partial charge in [0.2, 0.25) is 0 Å². The molecule has 0 saturated heterocycles. The molecule has 1 unspecified atom stereocenters. The average Bonchev–Trinajstić information content (AvgIpc) is 2.70. The van der Waals surface area contributed by atoms with E-state index in [4.69, 9.17) is 0 Å². The largest absolute Gasteiger partial charge is 0.139 e. The van der Waals surface area contributed by atoms with Gasteiger partial charge in [0.1, 0.15) is 7.85 Å². The maximum atomic E-state index is 2.39. The first-order valence-corrected chi connectivity index (χ1v) is 9.22. The van der Waals surface area contributed by atoms with Crippen LogP contribution in [-0.2, 0) is 0 Å². The first-order chi connectivity index (χ1) is 12.3. The maximum Gasteiger partial charge on any atom is 0.139 e. The number of rotatable bonds is 3. The summed E-state index contributed by atoms with van der Waals surface area (Å²) in [5.74, 6) is 0.548. The van der Waals surface area contributed by atoms with Crippen molar-refractivity contribution >= 4 is 18.9 Å². The zero-order chi connectivity index (χ0) is 17.1. The summed E-state index contributed by atoms with van der Waals surface area (Å²) in [6.45, 7) is 0. The second-order valence-electron chi connectivity index (χ2n) is 6.99. The van der Waals surface area contributed by atoms with Gasteiger partial charge in [-0.3, -0.25) is 0 Å². The quantitative estimate of drug-likeness (QED) is 0.709. The van der Waals surface area contributed by atoms with Crippen molar-refractivity contribution in [3.8, 4) is 11.1 Å². The van der Waals surface area contributed by atoms with Crippen LogP contribution in [0.2, 0.25) is 0 Å². The molecule has 0 nitrogen and oxygen atoms in total. The summed E-state index contributed by atoms with van der Waals surface area (Å²) in [6.07, 6.45) is 17.5. The lowest BCUT2D eigenvalue weighted by Gasteiger charge is -2.19. The molecule has 0 radical (unpaired) electrons. The predicted molar refractivity (Wildman–Crippen MR) is 112 cm³/mol. The highest BCUT2D eigenvalue weighted by Crippen LogP contribution is 2.31. The molecular weight excluding hydrogens is 299 g/mol. The first-order valence-electron chi connectivity index (χ1n) is 9.22. The van der Waals surface area contributed by atoms with Crippen LogP contribution in [0.3, 0.4) is 0 Å². The van der Waals surface area contributed by atoms with Crippen molar-refractivity contribution < 1.29 is 0 Å². The van der Waals surface area contributed by atoms with Gasteiger partial charge in [-0.1, -0.05) is 90.4 Å². The molecule has 2 aliphatic carbocycles. The Balaban J connectivity index is 1.49. The SMILES string of the molecule is Bc1ccc(-c2ccc(C3=CCC(C4=CCCC=C4)C=C3)cc2)cc1. The molecule has 0 aliphatic heterocycles. The highest BCUT2D eigenvalue weighted by atomic mass is 14.2. The van der Waals surface area contributed by atoms with E-state index in [-0.39, 0.29) is 0 Å². The zero-order valence-corrected chi connectivity index (χ0v) is 14.8. The molecule has 0 N–H and O–H groups in total. The second kappa shape index (κ2) is 7.15. The third-order valence-electron chi connectivity index (χ3n) is 5.15. The van der Waals surface area contributed by atoms with E-state index in [1.807, 2.05) is 0 Å². The van der Waals surface area contributed by atoms with Gasteiger partial charge in [0.15, 0.2) is 0 Å². The van der Waals surface area contributed by atoms with Crippen molar-refractivity contribution in [2.75, 3.05) is 0 Å². The van der Waals surface area contributed by atoms with Crippen LogP contribution < -0.4 is 5.46 Å². The molecule has 0 bridgehead atoms. The fourth-order valence-electron chi connectivity index (χ4n) is 3.59. The van der Waals surface area contributed by atoms with Crippen LogP contribution in [0.25, 0.3) is 16.7 Å². The molecule has 2 aliphatic rings. The highest BCUT2D eigenvalue weighted by Gasteiger charge is 2.13. The van der Waals surface area contributed by atoms with Gasteiger partial charge in [-0.2, -0.15) is 0 Å². The minimum atomic E-state index is 0.548. The fraction of sp³-hybridized carbons (Fsp3) is 0.167. The Morgan fingerprint density at radius 1 is 0.720 bits per heavy atom. The Hall–Kier alpha value is -2.54. The average molecular weight is 322 g/mol. The summed E-state index contributed by atoms with van der Waals surface area (Å²) < 4.78 is 0. The number of hydrogen-bond donors (Lipinski definition) is 0. The number of benzene rings is 2. The third kappa shape index (κ3) is 3.61. The molecule has 0 heterocycles.